The molecule has 5 heteroatoms. The Balaban J connectivity index is 2.54. The highest BCUT2D eigenvalue weighted by Gasteiger charge is 2.01. The molecule has 0 unspecified atom stereocenters. The van der Waals surface area contributed by atoms with E-state index in [4.69, 9.17) is 0 Å². The van der Waals surface area contributed by atoms with Gasteiger partial charge in [-0.1, -0.05) is 25.8 Å². The zero-order chi connectivity index (χ0) is 12.7. The van der Waals surface area contributed by atoms with Crippen LogP contribution >= 0.6 is 0 Å². The molecule has 1 aromatic carbocycles. The fraction of sp³-hybridized carbons (Fsp3) is 0.500. The first kappa shape index (κ1) is 13.8. The van der Waals surface area contributed by atoms with Crippen LogP contribution in [0.3, 0.4) is 0 Å². The molecule has 96 valence electrons. The first-order valence-corrected chi connectivity index (χ1v) is 7.72. The average molecular weight is 256 g/mol. The lowest BCUT2D eigenvalue weighted by Crippen LogP contribution is -2.10. The van der Waals surface area contributed by atoms with E-state index in [0.29, 0.717) is 5.69 Å². The molecule has 0 radical (unpaired) electrons. The summed E-state index contributed by atoms with van der Waals surface area (Å²) in [6, 6.07) is 7.29. The van der Waals surface area contributed by atoms with Gasteiger partial charge in [0.05, 0.1) is 11.9 Å². The second kappa shape index (κ2) is 6.49. The van der Waals surface area contributed by atoms with Crippen molar-refractivity contribution in [3.8, 4) is 0 Å². The third-order valence-corrected chi connectivity index (χ3v) is 2.88. The van der Waals surface area contributed by atoms with Crippen LogP contribution in [-0.2, 0) is 10.0 Å². The third kappa shape index (κ3) is 6.16. The number of nitrogens with one attached hydrogen (secondary N) is 2. The SMILES string of the molecule is CCCCCNc1cccc(NS(C)(=O)=O)c1. The van der Waals surface area contributed by atoms with Crippen molar-refractivity contribution in [2.24, 2.45) is 0 Å². The lowest BCUT2D eigenvalue weighted by Gasteiger charge is -2.08. The van der Waals surface area contributed by atoms with Crippen LogP contribution in [0.25, 0.3) is 0 Å². The molecule has 0 aliphatic heterocycles. The number of unbranched alkanes of at least 4 members (excludes halogenated alkanes) is 2. The molecule has 0 heterocycles. The lowest BCUT2D eigenvalue weighted by atomic mass is 10.2. The number of anilines is 2. The van der Waals surface area contributed by atoms with Crippen LogP contribution in [-0.4, -0.2) is 21.2 Å². The molecule has 0 spiro atoms. The van der Waals surface area contributed by atoms with Crippen LogP contribution in [0.1, 0.15) is 26.2 Å². The largest absolute Gasteiger partial charge is 0.385 e. The first-order valence-electron chi connectivity index (χ1n) is 5.83. The van der Waals surface area contributed by atoms with E-state index in [0.717, 1.165) is 24.9 Å². The van der Waals surface area contributed by atoms with Gasteiger partial charge in [-0.05, 0) is 24.6 Å². The van der Waals surface area contributed by atoms with Gasteiger partial charge in [-0.25, -0.2) is 8.42 Å². The molecule has 1 rings (SSSR count). The first-order chi connectivity index (χ1) is 8.01. The summed E-state index contributed by atoms with van der Waals surface area (Å²) in [7, 11) is -3.20. The summed E-state index contributed by atoms with van der Waals surface area (Å²) in [4.78, 5) is 0. The summed E-state index contributed by atoms with van der Waals surface area (Å²) in [5.74, 6) is 0. The molecule has 0 saturated heterocycles. The van der Waals surface area contributed by atoms with Gasteiger partial charge in [0.25, 0.3) is 0 Å². The van der Waals surface area contributed by atoms with E-state index in [1.165, 1.54) is 12.8 Å². The number of rotatable bonds is 7. The Morgan fingerprint density at radius 1 is 1.18 bits per heavy atom. The van der Waals surface area contributed by atoms with Crippen LogP contribution < -0.4 is 10.0 Å². The molecular formula is C12H20N2O2S. The fourth-order valence-corrected chi connectivity index (χ4v) is 2.07. The Morgan fingerprint density at radius 2 is 1.88 bits per heavy atom. The minimum absolute atomic E-state index is 0.591. The van der Waals surface area contributed by atoms with Gasteiger partial charge in [-0.2, -0.15) is 0 Å². The van der Waals surface area contributed by atoms with Crippen LogP contribution in [0, 0.1) is 0 Å². The summed E-state index contributed by atoms with van der Waals surface area (Å²) in [5, 5.41) is 3.27. The molecule has 0 saturated carbocycles. The van der Waals surface area contributed by atoms with E-state index in [9.17, 15) is 8.42 Å². The maximum Gasteiger partial charge on any atom is 0.229 e. The van der Waals surface area contributed by atoms with Gasteiger partial charge in [-0.15, -0.1) is 0 Å². The highest BCUT2D eigenvalue weighted by atomic mass is 32.2. The van der Waals surface area contributed by atoms with Crippen LogP contribution in [0.2, 0.25) is 0 Å². The van der Waals surface area contributed by atoms with E-state index >= 15 is 0 Å². The highest BCUT2D eigenvalue weighted by Crippen LogP contribution is 2.16. The molecule has 2 N–H and O–H groups in total. The maximum atomic E-state index is 11.1. The van der Waals surface area contributed by atoms with Crippen molar-refractivity contribution in [3.63, 3.8) is 0 Å². The summed E-state index contributed by atoms with van der Waals surface area (Å²) in [5.41, 5.74) is 1.53. The summed E-state index contributed by atoms with van der Waals surface area (Å²) in [6.45, 7) is 3.08. The molecule has 0 aliphatic rings. The Kier molecular flexibility index (Phi) is 5.28. The van der Waals surface area contributed by atoms with Gasteiger partial charge >= 0.3 is 0 Å². The van der Waals surface area contributed by atoms with Gasteiger partial charge in [0.2, 0.25) is 10.0 Å². The standard InChI is InChI=1S/C12H20N2O2S/c1-3-4-5-9-13-11-7-6-8-12(10-11)14-17(2,15)16/h6-8,10,13-14H,3-5,9H2,1-2H3. The van der Waals surface area contributed by atoms with Crippen LogP contribution in [0.5, 0.6) is 0 Å². The van der Waals surface area contributed by atoms with Crippen molar-refractivity contribution in [1.82, 2.24) is 0 Å². The molecule has 0 aliphatic carbocycles. The molecular weight excluding hydrogens is 236 g/mol. The van der Waals surface area contributed by atoms with Crippen molar-refractivity contribution >= 4 is 21.4 Å². The smallest absolute Gasteiger partial charge is 0.229 e. The zero-order valence-electron chi connectivity index (χ0n) is 10.4. The van der Waals surface area contributed by atoms with Gasteiger partial charge in [0.15, 0.2) is 0 Å². The van der Waals surface area contributed by atoms with E-state index in [1.54, 1.807) is 12.1 Å². The predicted octanol–water partition coefficient (Wildman–Crippen LogP) is 2.66. The monoisotopic (exact) mass is 256 g/mol. The second-order valence-corrected chi connectivity index (χ2v) is 5.84. The zero-order valence-corrected chi connectivity index (χ0v) is 11.2. The van der Waals surface area contributed by atoms with Gasteiger partial charge in [-0.3, -0.25) is 4.72 Å². The van der Waals surface area contributed by atoms with Gasteiger partial charge in [0.1, 0.15) is 0 Å². The minimum atomic E-state index is -3.20. The summed E-state index contributed by atoms with van der Waals surface area (Å²) in [6.07, 6.45) is 4.67. The highest BCUT2D eigenvalue weighted by molar-refractivity contribution is 7.92. The Morgan fingerprint density at radius 3 is 2.53 bits per heavy atom. The third-order valence-electron chi connectivity index (χ3n) is 2.28. The van der Waals surface area contributed by atoms with Crippen molar-refractivity contribution in [1.29, 1.82) is 0 Å². The topological polar surface area (TPSA) is 58.2 Å². The number of hydrogen-bond acceptors (Lipinski definition) is 3. The van der Waals surface area contributed by atoms with Gasteiger partial charge in [0, 0.05) is 12.2 Å². The Labute approximate surface area is 103 Å². The lowest BCUT2D eigenvalue weighted by molar-refractivity contribution is 0.607. The van der Waals surface area contributed by atoms with Gasteiger partial charge < -0.3 is 5.32 Å². The molecule has 4 nitrogen and oxygen atoms in total. The Hall–Kier alpha value is -1.23. The predicted molar refractivity (Wildman–Crippen MR) is 72.9 cm³/mol. The molecule has 0 bridgehead atoms. The number of sulfonamides is 1. The maximum absolute atomic E-state index is 11.1. The molecule has 0 amide bonds. The van der Waals surface area contributed by atoms with Crippen molar-refractivity contribution < 1.29 is 8.42 Å². The normalized spacial score (nSPS) is 11.2. The summed E-state index contributed by atoms with van der Waals surface area (Å²) < 4.78 is 24.6. The number of benzene rings is 1. The number of hydrogen-bond donors (Lipinski definition) is 2. The molecule has 0 atom stereocenters. The van der Waals surface area contributed by atoms with Crippen molar-refractivity contribution in [3.05, 3.63) is 24.3 Å². The minimum Gasteiger partial charge on any atom is -0.385 e. The van der Waals surface area contributed by atoms with Crippen molar-refractivity contribution in [2.75, 3.05) is 22.8 Å². The average Bonchev–Trinajstić information content (AvgIpc) is 2.23. The molecule has 0 aromatic heterocycles. The Bertz CT molecular complexity index is 444. The van der Waals surface area contributed by atoms with E-state index in [-0.39, 0.29) is 0 Å². The van der Waals surface area contributed by atoms with E-state index < -0.39 is 10.0 Å². The van der Waals surface area contributed by atoms with E-state index in [1.807, 2.05) is 12.1 Å². The molecule has 0 fully saturated rings. The van der Waals surface area contributed by atoms with Crippen LogP contribution in [0.4, 0.5) is 11.4 Å². The van der Waals surface area contributed by atoms with E-state index in [2.05, 4.69) is 17.0 Å². The summed E-state index contributed by atoms with van der Waals surface area (Å²) >= 11 is 0. The molecule has 1 aromatic rings. The quantitative estimate of drug-likeness (QED) is 0.737. The molecule has 17 heavy (non-hydrogen) atoms. The fourth-order valence-electron chi connectivity index (χ4n) is 1.51. The second-order valence-electron chi connectivity index (χ2n) is 4.09. The van der Waals surface area contributed by atoms with Crippen molar-refractivity contribution in [2.45, 2.75) is 26.2 Å². The van der Waals surface area contributed by atoms with Crippen LogP contribution in [0.15, 0.2) is 24.3 Å².